The van der Waals surface area contributed by atoms with Crippen LogP contribution in [0.1, 0.15) is 13.8 Å². The van der Waals surface area contributed by atoms with Crippen LogP contribution in [-0.2, 0) is 9.53 Å². The van der Waals surface area contributed by atoms with E-state index in [-0.39, 0.29) is 11.0 Å². The van der Waals surface area contributed by atoms with E-state index in [2.05, 4.69) is 10.9 Å². The van der Waals surface area contributed by atoms with Gasteiger partial charge in [-0.3, -0.25) is 4.79 Å². The molecule has 0 saturated heterocycles. The van der Waals surface area contributed by atoms with Crippen molar-refractivity contribution in [3.05, 3.63) is 29.0 Å². The van der Waals surface area contributed by atoms with Gasteiger partial charge in [0.15, 0.2) is 0 Å². The lowest BCUT2D eigenvalue weighted by atomic mass is 10.3. The molecule has 1 aromatic rings. The lowest BCUT2D eigenvalue weighted by Gasteiger charge is -2.14. The summed E-state index contributed by atoms with van der Waals surface area (Å²) in [5, 5.41) is 0.276. The Hall–Kier alpha value is -1.33. The molecule has 0 saturated carbocycles. The summed E-state index contributed by atoms with van der Waals surface area (Å²) in [5.41, 5.74) is 5.81. The highest BCUT2D eigenvalue weighted by atomic mass is 35.5. The van der Waals surface area contributed by atoms with Gasteiger partial charge in [0, 0.05) is 5.02 Å². The number of rotatable bonds is 5. The fraction of sp³-hybridized carbons (Fsp3) is 0.364. The molecule has 2 N–H and O–H groups in total. The number of anilines is 1. The Morgan fingerprint density at radius 2 is 2.24 bits per heavy atom. The molecule has 0 aliphatic heterocycles. The highest BCUT2D eigenvalue weighted by molar-refractivity contribution is 6.30. The molecule has 0 aliphatic rings. The van der Waals surface area contributed by atoms with Gasteiger partial charge in [0.1, 0.15) is 11.9 Å². The average molecular weight is 261 g/mol. The topological polar surface area (TPSA) is 50.4 Å². The molecule has 0 aliphatic carbocycles. The Kier molecular flexibility index (Phi) is 5.18. The molecule has 0 heterocycles. The number of benzene rings is 1. The second-order valence-corrected chi connectivity index (χ2v) is 3.84. The third-order valence-electron chi connectivity index (χ3n) is 1.94. The van der Waals surface area contributed by atoms with Gasteiger partial charge in [-0.05, 0) is 32.0 Å². The van der Waals surface area contributed by atoms with E-state index < -0.39 is 11.9 Å². The van der Waals surface area contributed by atoms with E-state index in [1.807, 2.05) is 0 Å². The number of carbonyl (C=O) groups excluding carboxylic acids is 1. The van der Waals surface area contributed by atoms with Crippen molar-refractivity contribution in [1.29, 1.82) is 0 Å². The van der Waals surface area contributed by atoms with E-state index >= 15 is 0 Å². The highest BCUT2D eigenvalue weighted by Gasteiger charge is 2.12. The smallest absolute Gasteiger partial charge is 0.324 e. The first-order chi connectivity index (χ1) is 8.02. The summed E-state index contributed by atoms with van der Waals surface area (Å²) in [5.74, 6) is -0.840. The molecular weight excluding hydrogens is 247 g/mol. The van der Waals surface area contributed by atoms with Crippen molar-refractivity contribution in [3.63, 3.8) is 0 Å². The van der Waals surface area contributed by atoms with Crippen LogP contribution in [0.15, 0.2) is 18.2 Å². The van der Waals surface area contributed by atoms with Crippen LogP contribution < -0.4 is 10.9 Å². The summed E-state index contributed by atoms with van der Waals surface area (Å²) in [6.45, 7) is 3.67. The van der Waals surface area contributed by atoms with Crippen LogP contribution in [0.2, 0.25) is 5.02 Å². The number of carbonyl (C=O) groups is 1. The van der Waals surface area contributed by atoms with E-state index in [1.54, 1.807) is 13.8 Å². The largest absolute Gasteiger partial charge is 0.465 e. The standard InChI is InChI=1S/C11H14ClFN2O2/c1-3-17-11(16)7(2)14-15-10-5-8(12)4-9(13)6-10/h4-7,14-15H,3H2,1-2H3. The molecule has 0 spiro atoms. The maximum absolute atomic E-state index is 13.0. The third-order valence-corrected chi connectivity index (χ3v) is 2.15. The summed E-state index contributed by atoms with van der Waals surface area (Å²) in [6.07, 6.45) is 0. The molecule has 1 aromatic carbocycles. The molecule has 0 aromatic heterocycles. The number of halogens is 2. The maximum atomic E-state index is 13.0. The predicted molar refractivity (Wildman–Crippen MR) is 64.3 cm³/mol. The molecule has 94 valence electrons. The normalized spacial score (nSPS) is 12.0. The minimum Gasteiger partial charge on any atom is -0.465 e. The monoisotopic (exact) mass is 260 g/mol. The first-order valence-corrected chi connectivity index (χ1v) is 5.55. The number of hydrogen-bond donors (Lipinski definition) is 2. The average Bonchev–Trinajstić information content (AvgIpc) is 2.25. The van der Waals surface area contributed by atoms with Gasteiger partial charge in [-0.1, -0.05) is 11.6 Å². The van der Waals surface area contributed by atoms with Crippen molar-refractivity contribution < 1.29 is 13.9 Å². The quantitative estimate of drug-likeness (QED) is 0.630. The van der Waals surface area contributed by atoms with Gasteiger partial charge in [-0.25, -0.2) is 9.82 Å². The lowest BCUT2D eigenvalue weighted by molar-refractivity contribution is -0.144. The van der Waals surface area contributed by atoms with Crippen LogP contribution in [0.4, 0.5) is 10.1 Å². The Balaban J connectivity index is 2.52. The van der Waals surface area contributed by atoms with Gasteiger partial charge in [-0.2, -0.15) is 0 Å². The Morgan fingerprint density at radius 1 is 1.53 bits per heavy atom. The molecule has 0 fully saturated rings. The molecular formula is C11H14ClFN2O2. The maximum Gasteiger partial charge on any atom is 0.324 e. The van der Waals surface area contributed by atoms with Gasteiger partial charge in [-0.15, -0.1) is 0 Å². The molecule has 6 heteroatoms. The Labute approximate surface area is 104 Å². The fourth-order valence-electron chi connectivity index (χ4n) is 1.14. The summed E-state index contributed by atoms with van der Waals surface area (Å²) in [7, 11) is 0. The zero-order chi connectivity index (χ0) is 12.8. The van der Waals surface area contributed by atoms with Gasteiger partial charge in [0.25, 0.3) is 0 Å². The number of ether oxygens (including phenoxy) is 1. The molecule has 17 heavy (non-hydrogen) atoms. The van der Waals surface area contributed by atoms with Crippen molar-refractivity contribution in [2.24, 2.45) is 0 Å². The van der Waals surface area contributed by atoms with Crippen LogP contribution >= 0.6 is 11.6 Å². The number of hydrogen-bond acceptors (Lipinski definition) is 4. The second-order valence-electron chi connectivity index (χ2n) is 3.40. The number of esters is 1. The SMILES string of the molecule is CCOC(=O)C(C)NNc1cc(F)cc(Cl)c1. The van der Waals surface area contributed by atoms with Crippen molar-refractivity contribution in [3.8, 4) is 0 Å². The fourth-order valence-corrected chi connectivity index (χ4v) is 1.37. The van der Waals surface area contributed by atoms with Crippen molar-refractivity contribution in [2.75, 3.05) is 12.0 Å². The minimum atomic E-state index is -0.544. The summed E-state index contributed by atoms with van der Waals surface area (Å²) >= 11 is 5.68. The lowest BCUT2D eigenvalue weighted by Crippen LogP contribution is -2.39. The zero-order valence-corrected chi connectivity index (χ0v) is 10.3. The van der Waals surface area contributed by atoms with Crippen LogP contribution in [0.3, 0.4) is 0 Å². The van der Waals surface area contributed by atoms with Gasteiger partial charge >= 0.3 is 5.97 Å². The third kappa shape index (κ3) is 4.58. The van der Waals surface area contributed by atoms with Crippen molar-refractivity contribution in [1.82, 2.24) is 5.43 Å². The first-order valence-electron chi connectivity index (χ1n) is 5.17. The van der Waals surface area contributed by atoms with Crippen LogP contribution in [0.5, 0.6) is 0 Å². The molecule has 4 nitrogen and oxygen atoms in total. The van der Waals surface area contributed by atoms with E-state index in [9.17, 15) is 9.18 Å². The Bertz CT molecular complexity index is 381. The van der Waals surface area contributed by atoms with Crippen molar-refractivity contribution in [2.45, 2.75) is 19.9 Å². The van der Waals surface area contributed by atoms with Crippen LogP contribution in [-0.4, -0.2) is 18.6 Å². The van der Waals surface area contributed by atoms with Crippen LogP contribution in [0.25, 0.3) is 0 Å². The van der Waals surface area contributed by atoms with E-state index in [4.69, 9.17) is 16.3 Å². The Morgan fingerprint density at radius 3 is 2.82 bits per heavy atom. The van der Waals surface area contributed by atoms with E-state index in [0.29, 0.717) is 12.3 Å². The number of hydrazine groups is 1. The van der Waals surface area contributed by atoms with E-state index in [1.165, 1.54) is 18.2 Å². The molecule has 0 radical (unpaired) electrons. The van der Waals surface area contributed by atoms with Crippen LogP contribution in [0, 0.1) is 5.82 Å². The second kappa shape index (κ2) is 6.42. The summed E-state index contributed by atoms with van der Waals surface area (Å²) < 4.78 is 17.8. The minimum absolute atomic E-state index is 0.276. The van der Waals surface area contributed by atoms with E-state index in [0.717, 1.165) is 0 Å². The molecule has 0 bridgehead atoms. The van der Waals surface area contributed by atoms with Gasteiger partial charge in [0.05, 0.1) is 12.3 Å². The molecule has 1 unspecified atom stereocenters. The first kappa shape index (κ1) is 13.7. The van der Waals surface area contributed by atoms with Gasteiger partial charge < -0.3 is 10.2 Å². The summed E-state index contributed by atoms with van der Waals surface area (Å²) in [6, 6.07) is 3.45. The van der Waals surface area contributed by atoms with Crippen molar-refractivity contribution >= 4 is 23.3 Å². The zero-order valence-electron chi connectivity index (χ0n) is 9.59. The number of nitrogens with one attached hydrogen (secondary N) is 2. The van der Waals surface area contributed by atoms with Gasteiger partial charge in [0.2, 0.25) is 0 Å². The molecule has 1 rings (SSSR count). The predicted octanol–water partition coefficient (Wildman–Crippen LogP) is 2.35. The molecule has 1 atom stereocenters. The highest BCUT2D eigenvalue weighted by Crippen LogP contribution is 2.17. The summed E-state index contributed by atoms with van der Waals surface area (Å²) in [4.78, 5) is 11.3. The molecule has 0 amide bonds.